The van der Waals surface area contributed by atoms with Gasteiger partial charge in [-0.05, 0) is 46.3 Å². The van der Waals surface area contributed by atoms with E-state index in [2.05, 4.69) is 68.5 Å². The Labute approximate surface area is 132 Å². The average Bonchev–Trinajstić information content (AvgIpc) is 2.84. The highest BCUT2D eigenvalue weighted by molar-refractivity contribution is 9.11. The zero-order chi connectivity index (χ0) is 14.5. The molecule has 0 saturated carbocycles. The molecule has 20 heavy (non-hydrogen) atoms. The summed E-state index contributed by atoms with van der Waals surface area (Å²) >= 11 is 5.21. The minimum absolute atomic E-state index is 0.845. The van der Waals surface area contributed by atoms with Crippen LogP contribution < -0.4 is 10.2 Å². The quantitative estimate of drug-likeness (QED) is 0.852. The van der Waals surface area contributed by atoms with Crippen molar-refractivity contribution in [1.82, 2.24) is 9.97 Å². The third-order valence-electron chi connectivity index (χ3n) is 3.02. The van der Waals surface area contributed by atoms with E-state index in [1.807, 2.05) is 0 Å². The smallest absolute Gasteiger partial charge is 0.137 e. The zero-order valence-electron chi connectivity index (χ0n) is 12.0. The van der Waals surface area contributed by atoms with Crippen LogP contribution in [0, 0.1) is 0 Å². The first-order valence-electron chi connectivity index (χ1n) is 6.67. The van der Waals surface area contributed by atoms with Gasteiger partial charge in [-0.15, -0.1) is 11.3 Å². The minimum Gasteiger partial charge on any atom is -0.370 e. The van der Waals surface area contributed by atoms with Gasteiger partial charge in [0.25, 0.3) is 0 Å². The Hall–Kier alpha value is -1.14. The van der Waals surface area contributed by atoms with Gasteiger partial charge in [0.2, 0.25) is 0 Å². The topological polar surface area (TPSA) is 41.1 Å². The molecule has 0 radical (unpaired) electrons. The van der Waals surface area contributed by atoms with Gasteiger partial charge in [-0.1, -0.05) is 6.92 Å². The normalized spacial score (nSPS) is 10.6. The molecule has 0 bridgehead atoms. The lowest BCUT2D eigenvalue weighted by molar-refractivity contribution is 0.872. The molecule has 0 atom stereocenters. The molecule has 2 aromatic heterocycles. The Morgan fingerprint density at radius 1 is 1.35 bits per heavy atom. The van der Waals surface area contributed by atoms with Crippen LogP contribution in [-0.2, 0) is 13.0 Å². The summed E-state index contributed by atoms with van der Waals surface area (Å²) in [6.45, 7) is 5.92. The lowest BCUT2D eigenvalue weighted by Gasteiger charge is -2.21. The summed E-state index contributed by atoms with van der Waals surface area (Å²) in [7, 11) is 2.07. The second kappa shape index (κ2) is 7.04. The first-order chi connectivity index (χ1) is 9.65. The average molecular weight is 355 g/mol. The van der Waals surface area contributed by atoms with Crippen LogP contribution >= 0.6 is 27.3 Å². The molecular formula is C14H19BrN4S. The predicted molar refractivity (Wildman–Crippen MR) is 89.7 cm³/mol. The van der Waals surface area contributed by atoms with Crippen molar-refractivity contribution < 1.29 is 0 Å². The van der Waals surface area contributed by atoms with E-state index >= 15 is 0 Å². The summed E-state index contributed by atoms with van der Waals surface area (Å²) in [6, 6.07) is 2.15. The molecule has 2 heterocycles. The van der Waals surface area contributed by atoms with E-state index < -0.39 is 0 Å². The second-order valence-corrected chi connectivity index (χ2v) is 6.81. The number of aromatic nitrogens is 2. The molecular weight excluding hydrogens is 336 g/mol. The monoisotopic (exact) mass is 354 g/mol. The number of thiophene rings is 1. The van der Waals surface area contributed by atoms with Crippen LogP contribution in [0.4, 0.5) is 11.6 Å². The van der Waals surface area contributed by atoms with E-state index in [0.717, 1.165) is 34.9 Å². The largest absolute Gasteiger partial charge is 0.370 e. The highest BCUT2D eigenvalue weighted by Crippen LogP contribution is 2.26. The van der Waals surface area contributed by atoms with E-state index in [4.69, 9.17) is 0 Å². The molecule has 1 N–H and O–H groups in total. The van der Waals surface area contributed by atoms with Crippen molar-refractivity contribution in [3.8, 4) is 0 Å². The number of hydrogen-bond acceptors (Lipinski definition) is 5. The number of hydrogen-bond donors (Lipinski definition) is 1. The Morgan fingerprint density at radius 2 is 2.15 bits per heavy atom. The summed E-state index contributed by atoms with van der Waals surface area (Å²) in [6.07, 6.45) is 2.54. The molecule has 0 aliphatic carbocycles. The van der Waals surface area contributed by atoms with E-state index in [9.17, 15) is 0 Å². The fourth-order valence-corrected chi connectivity index (χ4v) is 3.36. The van der Waals surface area contributed by atoms with Gasteiger partial charge in [-0.25, -0.2) is 9.97 Å². The molecule has 0 spiro atoms. The molecule has 0 saturated heterocycles. The second-order valence-electron chi connectivity index (χ2n) is 4.52. The first kappa shape index (κ1) is 15.3. The van der Waals surface area contributed by atoms with Crippen molar-refractivity contribution in [2.75, 3.05) is 23.8 Å². The molecule has 0 aromatic carbocycles. The van der Waals surface area contributed by atoms with E-state index in [1.54, 1.807) is 17.7 Å². The molecule has 0 aliphatic heterocycles. The predicted octanol–water partition coefficient (Wildman–Crippen LogP) is 3.93. The molecule has 4 nitrogen and oxygen atoms in total. The van der Waals surface area contributed by atoms with Crippen molar-refractivity contribution in [3.05, 3.63) is 32.7 Å². The molecule has 6 heteroatoms. The Bertz CT molecular complexity index is 570. The molecule has 0 aliphatic rings. The number of rotatable bonds is 6. The van der Waals surface area contributed by atoms with Crippen LogP contribution in [0.15, 0.2) is 21.6 Å². The minimum atomic E-state index is 0.845. The number of anilines is 2. The van der Waals surface area contributed by atoms with Gasteiger partial charge in [0.15, 0.2) is 0 Å². The maximum atomic E-state index is 4.46. The number of halogens is 1. The van der Waals surface area contributed by atoms with Crippen molar-refractivity contribution in [1.29, 1.82) is 0 Å². The fraction of sp³-hybridized carbons (Fsp3) is 0.429. The van der Waals surface area contributed by atoms with Crippen molar-refractivity contribution in [2.45, 2.75) is 26.8 Å². The van der Waals surface area contributed by atoms with E-state index in [0.29, 0.717) is 0 Å². The maximum absolute atomic E-state index is 4.46. The summed E-state index contributed by atoms with van der Waals surface area (Å²) < 4.78 is 1.16. The van der Waals surface area contributed by atoms with Crippen LogP contribution in [0.25, 0.3) is 0 Å². The molecule has 2 aromatic rings. The Balaban J connectivity index is 2.24. The fourth-order valence-electron chi connectivity index (χ4n) is 2.15. The molecule has 108 valence electrons. The van der Waals surface area contributed by atoms with Crippen LogP contribution in [0.5, 0.6) is 0 Å². The van der Waals surface area contributed by atoms with Crippen molar-refractivity contribution in [3.63, 3.8) is 0 Å². The van der Waals surface area contributed by atoms with Gasteiger partial charge in [-0.3, -0.25) is 0 Å². The molecule has 2 rings (SSSR count). The van der Waals surface area contributed by atoms with Crippen molar-refractivity contribution in [2.24, 2.45) is 0 Å². The number of nitrogens with zero attached hydrogens (tertiary/aromatic N) is 3. The third-order valence-corrected chi connectivity index (χ3v) is 4.58. The molecule has 0 unspecified atom stereocenters. The van der Waals surface area contributed by atoms with E-state index in [1.165, 1.54) is 11.1 Å². The lowest BCUT2D eigenvalue weighted by atomic mass is 10.2. The summed E-state index contributed by atoms with van der Waals surface area (Å²) in [5, 5.41) is 5.47. The summed E-state index contributed by atoms with van der Waals surface area (Å²) in [5.41, 5.74) is 2.46. The Kier molecular flexibility index (Phi) is 5.37. The highest BCUT2D eigenvalue weighted by atomic mass is 79.9. The van der Waals surface area contributed by atoms with Gasteiger partial charge >= 0.3 is 0 Å². The number of nitrogens with one attached hydrogen (secondary N) is 1. The van der Waals surface area contributed by atoms with Gasteiger partial charge in [0, 0.05) is 25.7 Å². The summed E-state index contributed by atoms with van der Waals surface area (Å²) in [5.74, 6) is 1.94. The zero-order valence-corrected chi connectivity index (χ0v) is 14.4. The van der Waals surface area contributed by atoms with Crippen LogP contribution in [-0.4, -0.2) is 23.6 Å². The lowest BCUT2D eigenvalue weighted by Crippen LogP contribution is -2.20. The van der Waals surface area contributed by atoms with Crippen LogP contribution in [0.1, 0.15) is 25.0 Å². The van der Waals surface area contributed by atoms with Crippen LogP contribution in [0.3, 0.4) is 0 Å². The Morgan fingerprint density at radius 3 is 2.75 bits per heavy atom. The van der Waals surface area contributed by atoms with Gasteiger partial charge in [-0.2, -0.15) is 0 Å². The van der Waals surface area contributed by atoms with E-state index in [-0.39, 0.29) is 0 Å². The van der Waals surface area contributed by atoms with Crippen LogP contribution in [0.2, 0.25) is 0 Å². The van der Waals surface area contributed by atoms with Gasteiger partial charge in [0.1, 0.15) is 18.0 Å². The maximum Gasteiger partial charge on any atom is 0.137 e. The van der Waals surface area contributed by atoms with Gasteiger partial charge < -0.3 is 10.2 Å². The molecule has 0 fully saturated rings. The molecule has 0 amide bonds. The third kappa shape index (κ3) is 3.49. The summed E-state index contributed by atoms with van der Waals surface area (Å²) in [4.78, 5) is 11.0. The standard InChI is InChI=1S/C14H19BrN4S/c1-4-11-13(16-5-2)17-9-18-14(11)19(3)7-10-6-12(15)20-8-10/h6,8-9H,4-5,7H2,1-3H3,(H,16,17,18). The SMILES string of the molecule is CCNc1ncnc(N(C)Cc2csc(Br)c2)c1CC. The first-order valence-corrected chi connectivity index (χ1v) is 8.34. The highest BCUT2D eigenvalue weighted by Gasteiger charge is 2.13. The van der Waals surface area contributed by atoms with Gasteiger partial charge in [0.05, 0.1) is 3.79 Å². The van der Waals surface area contributed by atoms with Crippen molar-refractivity contribution >= 4 is 38.9 Å².